The lowest BCUT2D eigenvalue weighted by atomic mass is 9.71. The number of allylic oxidation sites excluding steroid dienone is 2. The molecule has 1 aliphatic carbocycles. The van der Waals surface area contributed by atoms with Crippen LogP contribution in [0.2, 0.25) is 0 Å². The molecule has 0 saturated carbocycles. The minimum absolute atomic E-state index is 0.00708. The van der Waals surface area contributed by atoms with Crippen LogP contribution >= 0.6 is 0 Å². The summed E-state index contributed by atoms with van der Waals surface area (Å²) in [4.78, 5) is 14.4. The fraction of sp³-hybridized carbons (Fsp3) is 0.812. The van der Waals surface area contributed by atoms with E-state index in [1.165, 1.54) is 0 Å². The van der Waals surface area contributed by atoms with Crippen LogP contribution in [0.3, 0.4) is 0 Å². The zero-order chi connectivity index (χ0) is 44.7. The standard InChI is InChI=1S/C48H74O14/c1-11-25(2)43-28(5)17-18-47(62-43)23-34-20-33(61-47)16-15-27(4)42(26(3)13-12-14-32-24-55-45-40(49)29(6)19-35(46(51)58-34)48(32,45)52)59-39-22-37(54-10)44(31(8)57-39)60-38-21-36(53-9)41(50)30(7)56-38/h12-15,19,25-26,28,30-31,33-45,49-50,52H,11,16-18,20-24H2,1-10H3/t25-,26+,28-,30-,31-,33+,34+,35+,36-,37-,38+,39+,40+,41+,42+,43-,44+,45+,47+,48-/m0/s1. The van der Waals surface area contributed by atoms with Gasteiger partial charge in [-0.2, -0.15) is 0 Å². The van der Waals surface area contributed by atoms with Gasteiger partial charge in [-0.05, 0) is 69.1 Å². The number of aliphatic hydroxyl groups is 3. The molecular formula is C48H74O14. The van der Waals surface area contributed by atoms with Gasteiger partial charge in [0.1, 0.15) is 42.0 Å². The summed E-state index contributed by atoms with van der Waals surface area (Å²) in [6, 6.07) is 0. The molecule has 6 heterocycles. The van der Waals surface area contributed by atoms with Crippen molar-refractivity contribution in [2.24, 2.45) is 23.7 Å². The maximum atomic E-state index is 14.4. The van der Waals surface area contributed by atoms with Crippen LogP contribution in [-0.4, -0.2) is 139 Å². The molecule has 1 spiro atoms. The first kappa shape index (κ1) is 47.9. The zero-order valence-electron chi connectivity index (χ0n) is 38.5. The van der Waals surface area contributed by atoms with Gasteiger partial charge in [0.05, 0.1) is 49.3 Å². The fourth-order valence-corrected chi connectivity index (χ4v) is 11.0. The van der Waals surface area contributed by atoms with Crippen molar-refractivity contribution in [3.05, 3.63) is 47.1 Å². The lowest BCUT2D eigenvalue weighted by molar-refractivity contribution is -0.340. The number of hydrogen-bond donors (Lipinski definition) is 3. The van der Waals surface area contributed by atoms with Crippen LogP contribution < -0.4 is 0 Å². The monoisotopic (exact) mass is 875 g/mol. The van der Waals surface area contributed by atoms with Crippen LogP contribution in [0, 0.1) is 23.7 Å². The third-order valence-corrected chi connectivity index (χ3v) is 14.9. The van der Waals surface area contributed by atoms with Crippen molar-refractivity contribution in [3.63, 3.8) is 0 Å². The second kappa shape index (κ2) is 19.8. The predicted molar refractivity (Wildman–Crippen MR) is 227 cm³/mol. The van der Waals surface area contributed by atoms with Crippen LogP contribution in [0.5, 0.6) is 0 Å². The molecule has 5 saturated heterocycles. The number of aliphatic hydroxyl groups excluding tert-OH is 2. The molecule has 7 rings (SSSR count). The van der Waals surface area contributed by atoms with E-state index in [0.717, 1.165) is 18.4 Å². The van der Waals surface area contributed by atoms with E-state index in [1.54, 1.807) is 40.2 Å². The SMILES string of the molecule is CC[C@H](C)[C@@H]1O[C@]2(CC[C@@H]1C)C[C@H]1C[C@@H](CC=C(C)[C@H](O[C@@H]3C[C@H](OC)[C@H](O[C@@H]4C[C@H](OC)[C@H](O)[C@H](C)O4)[C@H](C)O3)[C@H](C)C=CC=C3CO[C@@H]4[C@H](O)C(C)=C[C@H](C(=O)O1)[C@@]34O)O2. The van der Waals surface area contributed by atoms with E-state index in [-0.39, 0.29) is 30.8 Å². The Morgan fingerprint density at radius 1 is 0.919 bits per heavy atom. The first-order valence-corrected chi connectivity index (χ1v) is 23.2. The quantitative estimate of drug-likeness (QED) is 0.204. The second-order valence-corrected chi connectivity index (χ2v) is 19.4. The maximum absolute atomic E-state index is 14.4. The predicted octanol–water partition coefficient (Wildman–Crippen LogP) is 5.60. The lowest BCUT2D eigenvalue weighted by Crippen LogP contribution is -2.58. The molecule has 62 heavy (non-hydrogen) atoms. The van der Waals surface area contributed by atoms with Crippen molar-refractivity contribution in [3.8, 4) is 0 Å². The van der Waals surface area contributed by atoms with Crippen molar-refractivity contribution >= 4 is 5.97 Å². The number of carbonyl (C=O) groups is 1. The highest BCUT2D eigenvalue weighted by Crippen LogP contribution is 2.48. The number of hydrogen-bond acceptors (Lipinski definition) is 14. The summed E-state index contributed by atoms with van der Waals surface area (Å²) in [5, 5.41) is 34.2. The Morgan fingerprint density at radius 3 is 2.35 bits per heavy atom. The summed E-state index contributed by atoms with van der Waals surface area (Å²) < 4.78 is 63.9. The summed E-state index contributed by atoms with van der Waals surface area (Å²) in [6.45, 7) is 16.3. The Kier molecular flexibility index (Phi) is 15.3. The highest BCUT2D eigenvalue weighted by atomic mass is 16.7. The Labute approximate surface area is 368 Å². The molecule has 350 valence electrons. The largest absolute Gasteiger partial charge is 0.462 e. The van der Waals surface area contributed by atoms with Gasteiger partial charge in [0.25, 0.3) is 0 Å². The van der Waals surface area contributed by atoms with E-state index in [9.17, 15) is 20.1 Å². The molecule has 0 aromatic heterocycles. The molecule has 0 unspecified atom stereocenters. The van der Waals surface area contributed by atoms with Crippen LogP contribution in [0.4, 0.5) is 0 Å². The molecule has 20 atom stereocenters. The number of methoxy groups -OCH3 is 2. The van der Waals surface area contributed by atoms with Crippen molar-refractivity contribution in [1.29, 1.82) is 0 Å². The molecule has 7 aliphatic rings. The van der Waals surface area contributed by atoms with Crippen LogP contribution in [0.1, 0.15) is 107 Å². The molecule has 14 nitrogen and oxygen atoms in total. The zero-order valence-corrected chi connectivity index (χ0v) is 38.5. The summed E-state index contributed by atoms with van der Waals surface area (Å²) in [7, 11) is 3.23. The summed E-state index contributed by atoms with van der Waals surface area (Å²) in [6.07, 6.45) is 6.53. The van der Waals surface area contributed by atoms with E-state index in [2.05, 4.69) is 40.7 Å². The van der Waals surface area contributed by atoms with E-state index in [4.69, 9.17) is 47.4 Å². The first-order chi connectivity index (χ1) is 29.5. The van der Waals surface area contributed by atoms with Crippen molar-refractivity contribution in [2.75, 3.05) is 20.8 Å². The number of carbonyl (C=O) groups excluding carboxylic acids is 1. The number of rotatable bonds is 8. The van der Waals surface area contributed by atoms with E-state index in [1.807, 2.05) is 19.1 Å². The molecule has 2 bridgehead atoms. The van der Waals surface area contributed by atoms with E-state index < -0.39 is 90.8 Å². The highest BCUT2D eigenvalue weighted by molar-refractivity contribution is 5.78. The maximum Gasteiger partial charge on any atom is 0.316 e. The molecule has 6 aliphatic heterocycles. The van der Waals surface area contributed by atoms with E-state index in [0.29, 0.717) is 61.5 Å². The fourth-order valence-electron chi connectivity index (χ4n) is 11.0. The van der Waals surface area contributed by atoms with Gasteiger partial charge in [-0.1, -0.05) is 64.5 Å². The van der Waals surface area contributed by atoms with Gasteiger partial charge >= 0.3 is 5.97 Å². The van der Waals surface area contributed by atoms with E-state index >= 15 is 0 Å². The molecule has 0 aromatic carbocycles. The molecule has 14 heteroatoms. The minimum atomic E-state index is -1.82. The number of esters is 1. The van der Waals surface area contributed by atoms with Gasteiger partial charge in [0, 0.05) is 52.2 Å². The second-order valence-electron chi connectivity index (χ2n) is 19.4. The summed E-state index contributed by atoms with van der Waals surface area (Å²) >= 11 is 0. The number of fused-ring (bicyclic) bond motifs is 2. The lowest BCUT2D eigenvalue weighted by Gasteiger charge is -2.51. The highest BCUT2D eigenvalue weighted by Gasteiger charge is 2.60. The average Bonchev–Trinajstić information content (AvgIpc) is 3.58. The first-order valence-electron chi connectivity index (χ1n) is 23.2. The Hall–Kier alpha value is -2.05. The Bertz CT molecular complexity index is 1680. The minimum Gasteiger partial charge on any atom is -0.462 e. The van der Waals surface area contributed by atoms with Crippen LogP contribution in [-0.2, 0) is 52.2 Å². The molecule has 5 fully saturated rings. The smallest absolute Gasteiger partial charge is 0.316 e. The molecular weight excluding hydrogens is 801 g/mol. The molecule has 3 N–H and O–H groups in total. The third-order valence-electron chi connectivity index (χ3n) is 14.9. The van der Waals surface area contributed by atoms with Crippen molar-refractivity contribution in [1.82, 2.24) is 0 Å². The molecule has 0 aromatic rings. The van der Waals surface area contributed by atoms with Gasteiger partial charge in [0.2, 0.25) is 0 Å². The number of ether oxygens (including phenoxy) is 10. The van der Waals surface area contributed by atoms with Crippen molar-refractivity contribution < 1.29 is 67.5 Å². The van der Waals surface area contributed by atoms with Gasteiger partial charge in [-0.3, -0.25) is 4.79 Å². The van der Waals surface area contributed by atoms with Crippen LogP contribution in [0.25, 0.3) is 0 Å². The van der Waals surface area contributed by atoms with Crippen molar-refractivity contribution in [2.45, 2.75) is 204 Å². The Morgan fingerprint density at radius 2 is 1.63 bits per heavy atom. The van der Waals surface area contributed by atoms with Gasteiger partial charge in [-0.25, -0.2) is 0 Å². The molecule has 0 radical (unpaired) electrons. The normalized spacial score (nSPS) is 47.2. The summed E-state index contributed by atoms with van der Waals surface area (Å²) in [5.74, 6) is -2.10. The summed E-state index contributed by atoms with van der Waals surface area (Å²) in [5.41, 5.74) is 0.188. The van der Waals surface area contributed by atoms with Gasteiger partial charge < -0.3 is 62.7 Å². The molecule has 0 amide bonds. The Balaban J connectivity index is 1.18. The third kappa shape index (κ3) is 9.73. The topological polar surface area (TPSA) is 170 Å². The van der Waals surface area contributed by atoms with Gasteiger partial charge in [0.15, 0.2) is 18.4 Å². The average molecular weight is 875 g/mol. The van der Waals surface area contributed by atoms with Gasteiger partial charge in [-0.15, -0.1) is 0 Å². The van der Waals surface area contributed by atoms with Crippen LogP contribution in [0.15, 0.2) is 47.1 Å².